The number of methoxy groups -OCH3 is 1. The minimum absolute atomic E-state index is 0.0128. The Hall–Kier alpha value is -1.04. The van der Waals surface area contributed by atoms with Crippen LogP contribution in [0.25, 0.3) is 0 Å². The quantitative estimate of drug-likeness (QED) is 0.752. The Bertz CT molecular complexity index is 469. The SMILES string of the molecule is COCCN1CC[C@@H](CNC(=O)[C@@H](C)SCc2ccccc2)C1. The van der Waals surface area contributed by atoms with Gasteiger partial charge in [-0.05, 0) is 31.4 Å². The average Bonchev–Trinajstić information content (AvgIpc) is 3.04. The predicted octanol–water partition coefficient (Wildman–Crippen LogP) is 2.39. The van der Waals surface area contributed by atoms with Crippen LogP contribution < -0.4 is 5.32 Å². The van der Waals surface area contributed by atoms with Crippen LogP contribution in [0.3, 0.4) is 0 Å². The molecule has 5 heteroatoms. The molecule has 128 valence electrons. The van der Waals surface area contributed by atoms with E-state index in [4.69, 9.17) is 4.74 Å². The Morgan fingerprint density at radius 1 is 1.43 bits per heavy atom. The number of hydrogen-bond donors (Lipinski definition) is 1. The van der Waals surface area contributed by atoms with Gasteiger partial charge in [0.25, 0.3) is 0 Å². The number of hydrogen-bond acceptors (Lipinski definition) is 4. The van der Waals surface area contributed by atoms with Gasteiger partial charge in [0.15, 0.2) is 0 Å². The molecule has 0 spiro atoms. The Morgan fingerprint density at radius 3 is 2.96 bits per heavy atom. The summed E-state index contributed by atoms with van der Waals surface area (Å²) in [4.78, 5) is 14.6. The second-order valence-corrected chi connectivity index (χ2v) is 7.46. The summed E-state index contributed by atoms with van der Waals surface area (Å²) in [5.74, 6) is 1.60. The lowest BCUT2D eigenvalue weighted by molar-refractivity contribution is -0.120. The van der Waals surface area contributed by atoms with Crippen molar-refractivity contribution in [3.63, 3.8) is 0 Å². The van der Waals surface area contributed by atoms with E-state index >= 15 is 0 Å². The van der Waals surface area contributed by atoms with E-state index in [2.05, 4.69) is 22.3 Å². The van der Waals surface area contributed by atoms with Crippen molar-refractivity contribution in [2.45, 2.75) is 24.3 Å². The number of ether oxygens (including phenoxy) is 1. The number of nitrogens with one attached hydrogen (secondary N) is 1. The van der Waals surface area contributed by atoms with Crippen LogP contribution in [0.2, 0.25) is 0 Å². The minimum Gasteiger partial charge on any atom is -0.383 e. The summed E-state index contributed by atoms with van der Waals surface area (Å²) in [6.07, 6.45) is 1.16. The standard InChI is InChI=1S/C18H28N2O2S/c1-15(23-14-16-6-4-3-5-7-16)18(21)19-12-17-8-9-20(13-17)10-11-22-2/h3-7,15,17H,8-14H2,1-2H3,(H,19,21)/t15-,17+/m1/s1. The number of benzene rings is 1. The van der Waals surface area contributed by atoms with Crippen molar-refractivity contribution in [1.29, 1.82) is 0 Å². The van der Waals surface area contributed by atoms with Crippen molar-refractivity contribution in [3.8, 4) is 0 Å². The minimum atomic E-state index is -0.0128. The lowest BCUT2D eigenvalue weighted by Crippen LogP contribution is -2.36. The van der Waals surface area contributed by atoms with Crippen LogP contribution in [-0.4, -0.2) is 56.0 Å². The van der Waals surface area contributed by atoms with Crippen molar-refractivity contribution in [3.05, 3.63) is 35.9 Å². The van der Waals surface area contributed by atoms with Gasteiger partial charge in [0.1, 0.15) is 0 Å². The van der Waals surface area contributed by atoms with Gasteiger partial charge in [-0.1, -0.05) is 30.3 Å². The molecule has 1 aromatic rings. The van der Waals surface area contributed by atoms with E-state index in [1.165, 1.54) is 5.56 Å². The molecule has 1 amide bonds. The maximum Gasteiger partial charge on any atom is 0.232 e. The molecule has 0 radical (unpaired) electrons. The molecule has 1 N–H and O–H groups in total. The van der Waals surface area contributed by atoms with Crippen LogP contribution in [0.15, 0.2) is 30.3 Å². The molecule has 0 bridgehead atoms. The predicted molar refractivity (Wildman–Crippen MR) is 96.6 cm³/mol. The van der Waals surface area contributed by atoms with Crippen molar-refractivity contribution in [2.24, 2.45) is 5.92 Å². The average molecular weight is 337 g/mol. The van der Waals surface area contributed by atoms with Gasteiger partial charge in [0.05, 0.1) is 11.9 Å². The zero-order chi connectivity index (χ0) is 16.5. The monoisotopic (exact) mass is 336 g/mol. The molecule has 1 aromatic carbocycles. The van der Waals surface area contributed by atoms with Crippen molar-refractivity contribution in [1.82, 2.24) is 10.2 Å². The number of nitrogens with zero attached hydrogens (tertiary/aromatic N) is 1. The number of carbonyl (C=O) groups is 1. The van der Waals surface area contributed by atoms with Gasteiger partial charge in [-0.3, -0.25) is 4.79 Å². The van der Waals surface area contributed by atoms with Gasteiger partial charge in [-0.2, -0.15) is 0 Å². The van der Waals surface area contributed by atoms with E-state index in [0.29, 0.717) is 5.92 Å². The molecule has 0 unspecified atom stereocenters. The smallest absolute Gasteiger partial charge is 0.232 e. The molecule has 0 aliphatic carbocycles. The number of thioether (sulfide) groups is 1. The molecule has 2 atom stereocenters. The molecule has 1 aliphatic rings. The Balaban J connectivity index is 1.62. The molecule has 0 aromatic heterocycles. The molecular weight excluding hydrogens is 308 g/mol. The summed E-state index contributed by atoms with van der Waals surface area (Å²) in [6, 6.07) is 10.3. The molecule has 1 saturated heterocycles. The van der Waals surface area contributed by atoms with Crippen LogP contribution in [0.1, 0.15) is 18.9 Å². The first-order valence-electron chi connectivity index (χ1n) is 8.33. The Labute approximate surface area is 144 Å². The molecule has 4 nitrogen and oxygen atoms in total. The highest BCUT2D eigenvalue weighted by Gasteiger charge is 2.23. The third-order valence-electron chi connectivity index (χ3n) is 4.26. The molecule has 1 fully saturated rings. The normalized spacial score (nSPS) is 19.7. The molecule has 1 aliphatic heterocycles. The summed E-state index contributed by atoms with van der Waals surface area (Å²) in [5, 5.41) is 3.11. The topological polar surface area (TPSA) is 41.6 Å². The van der Waals surface area contributed by atoms with E-state index in [1.54, 1.807) is 18.9 Å². The molecule has 1 heterocycles. The second-order valence-electron chi connectivity index (χ2n) is 6.13. The van der Waals surface area contributed by atoms with Crippen LogP contribution in [0.4, 0.5) is 0 Å². The Morgan fingerprint density at radius 2 is 2.22 bits per heavy atom. The van der Waals surface area contributed by atoms with Gasteiger partial charge in [0, 0.05) is 32.5 Å². The highest BCUT2D eigenvalue weighted by atomic mass is 32.2. The van der Waals surface area contributed by atoms with Crippen molar-refractivity contribution in [2.75, 3.05) is 39.9 Å². The van der Waals surface area contributed by atoms with Crippen LogP contribution in [-0.2, 0) is 15.3 Å². The lowest BCUT2D eigenvalue weighted by Gasteiger charge is -2.17. The third kappa shape index (κ3) is 6.53. The van der Waals surface area contributed by atoms with Crippen LogP contribution in [0.5, 0.6) is 0 Å². The first kappa shape index (κ1) is 18.3. The first-order chi connectivity index (χ1) is 11.2. The van der Waals surface area contributed by atoms with Gasteiger partial charge in [-0.15, -0.1) is 11.8 Å². The fourth-order valence-electron chi connectivity index (χ4n) is 2.76. The zero-order valence-electron chi connectivity index (χ0n) is 14.2. The number of rotatable bonds is 9. The number of carbonyl (C=O) groups excluding carboxylic acids is 1. The van der Waals surface area contributed by atoms with E-state index in [-0.39, 0.29) is 11.2 Å². The fourth-order valence-corrected chi connectivity index (χ4v) is 3.63. The number of amides is 1. The highest BCUT2D eigenvalue weighted by Crippen LogP contribution is 2.18. The van der Waals surface area contributed by atoms with E-state index < -0.39 is 0 Å². The fraction of sp³-hybridized carbons (Fsp3) is 0.611. The van der Waals surface area contributed by atoms with Gasteiger partial charge < -0.3 is 15.0 Å². The van der Waals surface area contributed by atoms with Crippen LogP contribution >= 0.6 is 11.8 Å². The largest absolute Gasteiger partial charge is 0.383 e. The molecular formula is C18H28N2O2S. The first-order valence-corrected chi connectivity index (χ1v) is 9.38. The van der Waals surface area contributed by atoms with Crippen LogP contribution in [0, 0.1) is 5.92 Å². The maximum atomic E-state index is 12.2. The van der Waals surface area contributed by atoms with Gasteiger partial charge in [-0.25, -0.2) is 0 Å². The zero-order valence-corrected chi connectivity index (χ0v) is 15.0. The third-order valence-corrected chi connectivity index (χ3v) is 5.47. The second kappa shape index (κ2) is 9.96. The van der Waals surface area contributed by atoms with E-state index in [9.17, 15) is 4.79 Å². The van der Waals surface area contributed by atoms with Gasteiger partial charge >= 0.3 is 0 Å². The molecule has 2 rings (SSSR count). The highest BCUT2D eigenvalue weighted by molar-refractivity contribution is 7.99. The Kier molecular flexibility index (Phi) is 7.92. The summed E-state index contributed by atoms with van der Waals surface area (Å²) in [6.45, 7) is 6.73. The molecule has 0 saturated carbocycles. The van der Waals surface area contributed by atoms with E-state index in [1.807, 2.05) is 25.1 Å². The van der Waals surface area contributed by atoms with Gasteiger partial charge in [0.2, 0.25) is 5.91 Å². The summed E-state index contributed by atoms with van der Waals surface area (Å²) in [7, 11) is 1.74. The van der Waals surface area contributed by atoms with Crippen molar-refractivity contribution < 1.29 is 9.53 Å². The maximum absolute atomic E-state index is 12.2. The summed E-state index contributed by atoms with van der Waals surface area (Å²) in [5.41, 5.74) is 1.27. The lowest BCUT2D eigenvalue weighted by atomic mass is 10.1. The van der Waals surface area contributed by atoms with Crippen molar-refractivity contribution >= 4 is 17.7 Å². The summed E-state index contributed by atoms with van der Waals surface area (Å²) >= 11 is 1.69. The summed E-state index contributed by atoms with van der Waals surface area (Å²) < 4.78 is 5.12. The van der Waals surface area contributed by atoms with E-state index in [0.717, 1.165) is 45.0 Å². The number of likely N-dealkylation sites (tertiary alicyclic amines) is 1. The molecule has 23 heavy (non-hydrogen) atoms.